The molecule has 0 spiro atoms. The first kappa shape index (κ1) is 14.8. The molecule has 0 aromatic heterocycles. The lowest BCUT2D eigenvalue weighted by molar-refractivity contribution is 0.566. The molecule has 0 saturated carbocycles. The van der Waals surface area contributed by atoms with E-state index in [9.17, 15) is 16.8 Å². The number of rotatable bonds is 2. The van der Waals surface area contributed by atoms with E-state index < -0.39 is 31.1 Å². The maximum atomic E-state index is 11.9. The van der Waals surface area contributed by atoms with Gasteiger partial charge in [0.25, 0.3) is 0 Å². The smallest absolute Gasteiger partial charge is 0.244 e. The Hall–Kier alpha value is -0.580. The van der Waals surface area contributed by atoms with E-state index in [-0.39, 0.29) is 21.5 Å². The molecule has 106 valence electrons. The van der Waals surface area contributed by atoms with Gasteiger partial charge in [-0.3, -0.25) is 0 Å². The van der Waals surface area contributed by atoms with E-state index in [4.69, 9.17) is 28.3 Å². The topological polar surface area (TPSA) is 118 Å². The first-order chi connectivity index (χ1) is 8.65. The van der Waals surface area contributed by atoms with Crippen molar-refractivity contribution in [3.8, 4) is 0 Å². The maximum Gasteiger partial charge on any atom is 0.244 e. The molecule has 19 heavy (non-hydrogen) atoms. The van der Waals surface area contributed by atoms with Crippen LogP contribution in [0.3, 0.4) is 0 Å². The van der Waals surface area contributed by atoms with Crippen molar-refractivity contribution in [2.24, 2.45) is 5.14 Å². The van der Waals surface area contributed by atoms with E-state index in [1.165, 1.54) is 6.07 Å². The van der Waals surface area contributed by atoms with Crippen molar-refractivity contribution < 1.29 is 16.8 Å². The van der Waals surface area contributed by atoms with Crippen molar-refractivity contribution in [2.75, 3.05) is 11.2 Å². The molecule has 1 heterocycles. The Morgan fingerprint density at radius 2 is 2.00 bits per heavy atom. The maximum absolute atomic E-state index is 11.9. The minimum atomic E-state index is -4.11. The van der Waals surface area contributed by atoms with E-state index in [0.717, 1.165) is 6.07 Å². The Bertz CT molecular complexity index is 733. The third-order valence-corrected chi connectivity index (χ3v) is 5.61. The normalized spacial score (nSPS) is 21.5. The van der Waals surface area contributed by atoms with Gasteiger partial charge in [-0.25, -0.2) is 22.0 Å². The zero-order valence-electron chi connectivity index (χ0n) is 9.22. The summed E-state index contributed by atoms with van der Waals surface area (Å²) in [4.78, 5) is -0.702. The molecule has 0 radical (unpaired) electrons. The van der Waals surface area contributed by atoms with Crippen LogP contribution in [-0.4, -0.2) is 28.9 Å². The molecular weight excluding hydrogens is 337 g/mol. The van der Waals surface area contributed by atoms with Gasteiger partial charge in [0.2, 0.25) is 20.0 Å². The van der Waals surface area contributed by atoms with Gasteiger partial charge in [-0.1, -0.05) is 11.6 Å². The summed E-state index contributed by atoms with van der Waals surface area (Å²) in [5.41, 5.74) is 0.168. The van der Waals surface area contributed by atoms with E-state index in [1.807, 2.05) is 0 Å². The minimum Gasteiger partial charge on any atom is -0.367 e. The lowest BCUT2D eigenvalue weighted by Crippen LogP contribution is -2.45. The fraction of sp³-hybridized carbons (Fsp3) is 0.250. The molecule has 0 bridgehead atoms. The molecule has 0 fully saturated rings. The Labute approximate surface area is 120 Å². The van der Waals surface area contributed by atoms with Crippen molar-refractivity contribution in [1.82, 2.24) is 4.72 Å². The number of nitrogens with one attached hydrogen (secondary N) is 2. The highest BCUT2D eigenvalue weighted by Crippen LogP contribution is 2.33. The van der Waals surface area contributed by atoms with Crippen molar-refractivity contribution in [2.45, 2.75) is 16.0 Å². The predicted octanol–water partition coefficient (Wildman–Crippen LogP) is 0.256. The highest BCUT2D eigenvalue weighted by Gasteiger charge is 2.31. The number of nitrogens with two attached hydrogens (primary N) is 1. The molecule has 1 unspecified atom stereocenters. The average Bonchev–Trinajstić information content (AvgIpc) is 2.25. The summed E-state index contributed by atoms with van der Waals surface area (Å²) < 4.78 is 48.8. The van der Waals surface area contributed by atoms with Gasteiger partial charge in [-0.2, -0.15) is 4.72 Å². The van der Waals surface area contributed by atoms with Crippen LogP contribution < -0.4 is 15.2 Å². The summed E-state index contributed by atoms with van der Waals surface area (Å²) in [7, 11) is -7.99. The third kappa shape index (κ3) is 2.81. The molecule has 1 aromatic carbocycles. The van der Waals surface area contributed by atoms with Crippen LogP contribution >= 0.6 is 23.2 Å². The number of primary sulfonamides is 1. The first-order valence-electron chi connectivity index (χ1n) is 4.86. The van der Waals surface area contributed by atoms with Crippen molar-refractivity contribution in [3.05, 3.63) is 17.2 Å². The predicted molar refractivity (Wildman–Crippen MR) is 71.3 cm³/mol. The van der Waals surface area contributed by atoms with Crippen LogP contribution in [0.2, 0.25) is 5.02 Å². The summed E-state index contributed by atoms with van der Waals surface area (Å²) in [5.74, 6) is -0.00672. The highest BCUT2D eigenvalue weighted by molar-refractivity contribution is 7.90. The van der Waals surface area contributed by atoms with Crippen LogP contribution in [-0.2, 0) is 20.0 Å². The second kappa shape index (κ2) is 4.76. The van der Waals surface area contributed by atoms with Gasteiger partial charge in [0.05, 0.1) is 16.6 Å². The van der Waals surface area contributed by atoms with E-state index in [1.54, 1.807) is 0 Å². The van der Waals surface area contributed by atoms with Crippen LogP contribution in [0.5, 0.6) is 0 Å². The standard InChI is InChI=1S/C8H9Cl2N3O4S2/c9-3-8-12-5-1-4(10)6(18(11,14)15)2-7(5)19(16,17)13-8/h1-2,8,12-13H,3H2,(H2,11,14,15). The zero-order chi connectivity index (χ0) is 14.4. The van der Waals surface area contributed by atoms with Gasteiger partial charge < -0.3 is 5.32 Å². The quantitative estimate of drug-likeness (QED) is 0.664. The van der Waals surface area contributed by atoms with Crippen LogP contribution in [0.15, 0.2) is 21.9 Å². The summed E-state index contributed by atoms with van der Waals surface area (Å²) in [5, 5.41) is 7.58. The molecule has 11 heteroatoms. The first-order valence-corrected chi connectivity index (χ1v) is 8.80. The molecule has 0 saturated heterocycles. The van der Waals surface area contributed by atoms with E-state index in [2.05, 4.69) is 10.0 Å². The molecule has 2 rings (SSSR count). The van der Waals surface area contributed by atoms with Gasteiger partial charge in [0, 0.05) is 0 Å². The number of benzene rings is 1. The average molecular weight is 346 g/mol. The van der Waals surface area contributed by atoms with E-state index in [0.29, 0.717) is 0 Å². The minimum absolute atomic E-state index is 0.00672. The fourth-order valence-corrected chi connectivity index (χ4v) is 4.37. The summed E-state index contributed by atoms with van der Waals surface area (Å²) in [6, 6.07) is 2.10. The van der Waals surface area contributed by atoms with E-state index >= 15 is 0 Å². The largest absolute Gasteiger partial charge is 0.367 e. The molecule has 7 nitrogen and oxygen atoms in total. The molecule has 0 amide bonds. The van der Waals surface area contributed by atoms with Crippen LogP contribution in [0.1, 0.15) is 0 Å². The van der Waals surface area contributed by atoms with Crippen LogP contribution in [0.25, 0.3) is 0 Å². The Morgan fingerprint density at radius 3 is 2.53 bits per heavy atom. The van der Waals surface area contributed by atoms with Gasteiger partial charge >= 0.3 is 0 Å². The molecule has 4 N–H and O–H groups in total. The number of fused-ring (bicyclic) bond motifs is 1. The lowest BCUT2D eigenvalue weighted by atomic mass is 10.3. The second-order valence-corrected chi connectivity index (χ2v) is 7.72. The number of hydrogen-bond acceptors (Lipinski definition) is 5. The van der Waals surface area contributed by atoms with Gasteiger partial charge in [0.15, 0.2) is 0 Å². The van der Waals surface area contributed by atoms with Gasteiger partial charge in [-0.15, -0.1) is 11.6 Å². The SMILES string of the molecule is NS(=O)(=O)c1cc2c(cc1Cl)NC(CCl)NS2(=O)=O. The van der Waals surface area contributed by atoms with Crippen molar-refractivity contribution in [1.29, 1.82) is 0 Å². The number of halogens is 2. The number of hydrogen-bond donors (Lipinski definition) is 3. The van der Waals surface area contributed by atoms with Gasteiger partial charge in [0.1, 0.15) is 16.0 Å². The summed E-state index contributed by atoms with van der Waals surface area (Å²) in [6.07, 6.45) is -0.699. The Balaban J connectivity index is 2.70. The number of anilines is 1. The van der Waals surface area contributed by atoms with Crippen LogP contribution in [0.4, 0.5) is 5.69 Å². The van der Waals surface area contributed by atoms with Crippen LogP contribution in [0, 0.1) is 0 Å². The lowest BCUT2D eigenvalue weighted by Gasteiger charge is -2.27. The van der Waals surface area contributed by atoms with Crippen molar-refractivity contribution in [3.63, 3.8) is 0 Å². The molecule has 1 aliphatic heterocycles. The zero-order valence-corrected chi connectivity index (χ0v) is 12.4. The Morgan fingerprint density at radius 1 is 1.37 bits per heavy atom. The Kier molecular flexibility index (Phi) is 3.71. The molecule has 1 aliphatic rings. The van der Waals surface area contributed by atoms with Gasteiger partial charge in [-0.05, 0) is 12.1 Å². The fourth-order valence-electron chi connectivity index (χ4n) is 1.63. The number of alkyl halides is 1. The summed E-state index contributed by atoms with van der Waals surface area (Å²) >= 11 is 11.4. The summed E-state index contributed by atoms with van der Waals surface area (Å²) in [6.45, 7) is 0. The second-order valence-electron chi connectivity index (χ2n) is 3.80. The molecule has 0 aliphatic carbocycles. The third-order valence-electron chi connectivity index (χ3n) is 2.41. The molecule has 1 atom stereocenters. The molecular formula is C8H9Cl2N3O4S2. The highest BCUT2D eigenvalue weighted by atomic mass is 35.5. The molecule has 1 aromatic rings. The van der Waals surface area contributed by atoms with Crippen molar-refractivity contribution >= 4 is 48.9 Å². The number of sulfonamides is 2. The monoisotopic (exact) mass is 345 g/mol.